The van der Waals surface area contributed by atoms with Crippen LogP contribution < -0.4 is 0 Å². The van der Waals surface area contributed by atoms with Gasteiger partial charge < -0.3 is 4.98 Å². The average Bonchev–Trinajstić information content (AvgIpc) is 2.59. The smallest absolute Gasteiger partial charge is 0.142 e. The zero-order valence-electron chi connectivity index (χ0n) is 7.07. The molecule has 0 saturated carbocycles. The molecule has 2 aromatic rings. The lowest BCUT2D eigenvalue weighted by Crippen LogP contribution is -1.81. The Kier molecular flexibility index (Phi) is 2.28. The lowest BCUT2D eigenvalue weighted by atomic mass is 10.2. The van der Waals surface area contributed by atoms with Crippen LogP contribution in [0.4, 0.5) is 0 Å². The van der Waals surface area contributed by atoms with Crippen LogP contribution in [0.3, 0.4) is 0 Å². The Morgan fingerprint density at radius 1 is 1.43 bits per heavy atom. The number of fused-ring (bicyclic) bond motifs is 1. The molecule has 2 heterocycles. The summed E-state index contributed by atoms with van der Waals surface area (Å²) >= 11 is 5.89. The molecule has 0 amide bonds. The van der Waals surface area contributed by atoms with Crippen LogP contribution in [0, 0.1) is 0 Å². The maximum absolute atomic E-state index is 10.2. The predicted octanol–water partition coefficient (Wildman–Crippen LogP) is 1.82. The van der Waals surface area contributed by atoms with Crippen molar-refractivity contribution in [3.05, 3.63) is 29.3 Å². The average molecular weight is 208 g/mol. The van der Waals surface area contributed by atoms with Crippen LogP contribution in [0.15, 0.2) is 18.6 Å². The third-order valence-electron chi connectivity index (χ3n) is 1.81. The molecular weight excluding hydrogens is 202 g/mol. The summed E-state index contributed by atoms with van der Waals surface area (Å²) in [5, 5.41) is 1.11. The standard InChI is InChI=1S/C9H6ClN3O/c10-8-7-6(2-1-3-14)4-11-9(7)13-5-12-8/h1-5H,(H,11,12,13)/b2-1+. The van der Waals surface area contributed by atoms with Gasteiger partial charge in [-0.2, -0.15) is 0 Å². The minimum absolute atomic E-state index is 0.377. The summed E-state index contributed by atoms with van der Waals surface area (Å²) in [6.07, 6.45) is 6.86. The molecule has 0 aliphatic carbocycles. The number of halogens is 1. The maximum atomic E-state index is 10.2. The number of hydrogen-bond acceptors (Lipinski definition) is 3. The highest BCUT2D eigenvalue weighted by atomic mass is 35.5. The molecule has 0 spiro atoms. The largest absolute Gasteiger partial charge is 0.345 e. The highest BCUT2D eigenvalue weighted by Gasteiger charge is 2.06. The summed E-state index contributed by atoms with van der Waals surface area (Å²) in [6, 6.07) is 0. The summed E-state index contributed by atoms with van der Waals surface area (Å²) in [4.78, 5) is 21.0. The fraction of sp³-hybridized carbons (Fsp3) is 0. The van der Waals surface area contributed by atoms with Gasteiger partial charge in [-0.05, 0) is 12.2 Å². The van der Waals surface area contributed by atoms with Crippen LogP contribution in [-0.4, -0.2) is 21.2 Å². The van der Waals surface area contributed by atoms with Gasteiger partial charge in [0.1, 0.15) is 23.4 Å². The Labute approximate surface area is 84.6 Å². The van der Waals surface area contributed by atoms with E-state index in [-0.39, 0.29) is 0 Å². The minimum atomic E-state index is 0.377. The third-order valence-corrected chi connectivity index (χ3v) is 2.09. The zero-order valence-corrected chi connectivity index (χ0v) is 7.82. The molecule has 4 nitrogen and oxygen atoms in total. The van der Waals surface area contributed by atoms with E-state index in [0.717, 1.165) is 10.9 Å². The van der Waals surface area contributed by atoms with E-state index in [1.54, 1.807) is 12.3 Å². The fourth-order valence-corrected chi connectivity index (χ4v) is 1.46. The van der Waals surface area contributed by atoms with Gasteiger partial charge in [-0.3, -0.25) is 4.79 Å². The van der Waals surface area contributed by atoms with Crippen molar-refractivity contribution >= 4 is 35.0 Å². The van der Waals surface area contributed by atoms with Crippen molar-refractivity contribution in [3.8, 4) is 0 Å². The Hall–Kier alpha value is -1.68. The lowest BCUT2D eigenvalue weighted by Gasteiger charge is -1.92. The molecule has 0 saturated heterocycles. The van der Waals surface area contributed by atoms with Gasteiger partial charge in [0.05, 0.1) is 5.39 Å². The SMILES string of the molecule is O=C/C=C/c1c[nH]c2ncnc(Cl)c12. The van der Waals surface area contributed by atoms with Crippen LogP contribution in [0.25, 0.3) is 17.1 Å². The van der Waals surface area contributed by atoms with Crippen LogP contribution >= 0.6 is 11.6 Å². The molecule has 0 aliphatic rings. The zero-order chi connectivity index (χ0) is 9.97. The molecule has 2 rings (SSSR count). The van der Waals surface area contributed by atoms with Gasteiger partial charge in [-0.25, -0.2) is 9.97 Å². The van der Waals surface area contributed by atoms with Crippen molar-refractivity contribution in [1.82, 2.24) is 15.0 Å². The number of hydrogen-bond donors (Lipinski definition) is 1. The van der Waals surface area contributed by atoms with E-state index in [1.165, 1.54) is 12.4 Å². The minimum Gasteiger partial charge on any atom is -0.345 e. The number of carbonyl (C=O) groups excluding carboxylic acids is 1. The molecule has 0 atom stereocenters. The van der Waals surface area contributed by atoms with Gasteiger partial charge in [-0.1, -0.05) is 11.6 Å². The molecule has 1 N–H and O–H groups in total. The van der Waals surface area contributed by atoms with Gasteiger partial charge in [0.25, 0.3) is 0 Å². The Bertz CT molecular complexity index is 504. The Morgan fingerprint density at radius 2 is 2.29 bits per heavy atom. The van der Waals surface area contributed by atoms with Gasteiger partial charge in [0, 0.05) is 11.8 Å². The predicted molar refractivity (Wildman–Crippen MR) is 54.0 cm³/mol. The van der Waals surface area contributed by atoms with Crippen molar-refractivity contribution in [2.75, 3.05) is 0 Å². The second-order valence-corrected chi connectivity index (χ2v) is 2.99. The van der Waals surface area contributed by atoms with Gasteiger partial charge in [0.2, 0.25) is 0 Å². The second kappa shape index (κ2) is 3.59. The summed E-state index contributed by atoms with van der Waals surface area (Å²) in [6.45, 7) is 0. The Balaban J connectivity index is 2.66. The molecule has 0 aliphatic heterocycles. The Morgan fingerprint density at radius 3 is 3.07 bits per heavy atom. The molecule has 14 heavy (non-hydrogen) atoms. The first-order valence-electron chi connectivity index (χ1n) is 3.92. The second-order valence-electron chi connectivity index (χ2n) is 2.63. The third kappa shape index (κ3) is 1.40. The lowest BCUT2D eigenvalue weighted by molar-refractivity contribution is -0.104. The number of allylic oxidation sites excluding steroid dienone is 1. The van der Waals surface area contributed by atoms with Crippen LogP contribution in [0.2, 0.25) is 5.15 Å². The van der Waals surface area contributed by atoms with Crippen molar-refractivity contribution in [3.63, 3.8) is 0 Å². The molecule has 0 bridgehead atoms. The number of aromatic amines is 1. The van der Waals surface area contributed by atoms with Crippen molar-refractivity contribution < 1.29 is 4.79 Å². The fourth-order valence-electron chi connectivity index (χ4n) is 1.22. The van der Waals surface area contributed by atoms with Gasteiger partial charge in [-0.15, -0.1) is 0 Å². The highest BCUT2D eigenvalue weighted by Crippen LogP contribution is 2.23. The van der Waals surface area contributed by atoms with E-state index in [1.807, 2.05) is 0 Å². The molecule has 0 aromatic carbocycles. The number of nitrogens with zero attached hydrogens (tertiary/aromatic N) is 2. The number of carbonyl (C=O) groups is 1. The summed E-state index contributed by atoms with van der Waals surface area (Å²) in [5.74, 6) is 0. The van der Waals surface area contributed by atoms with E-state index >= 15 is 0 Å². The van der Waals surface area contributed by atoms with Crippen molar-refractivity contribution in [2.24, 2.45) is 0 Å². The monoisotopic (exact) mass is 207 g/mol. The van der Waals surface area contributed by atoms with E-state index < -0.39 is 0 Å². The maximum Gasteiger partial charge on any atom is 0.142 e. The van der Waals surface area contributed by atoms with E-state index in [0.29, 0.717) is 17.1 Å². The number of nitrogens with one attached hydrogen (secondary N) is 1. The molecule has 2 aromatic heterocycles. The van der Waals surface area contributed by atoms with Crippen LogP contribution in [0.5, 0.6) is 0 Å². The molecule has 0 radical (unpaired) electrons. The number of aromatic nitrogens is 3. The number of aldehydes is 1. The number of rotatable bonds is 2. The molecule has 0 fully saturated rings. The van der Waals surface area contributed by atoms with Crippen LogP contribution in [0.1, 0.15) is 5.56 Å². The van der Waals surface area contributed by atoms with Gasteiger partial charge in [0.15, 0.2) is 0 Å². The topological polar surface area (TPSA) is 58.6 Å². The summed E-state index contributed by atoms with van der Waals surface area (Å²) < 4.78 is 0. The quantitative estimate of drug-likeness (QED) is 0.464. The van der Waals surface area contributed by atoms with Crippen LogP contribution in [-0.2, 0) is 4.79 Å². The molecule has 0 unspecified atom stereocenters. The van der Waals surface area contributed by atoms with Gasteiger partial charge >= 0.3 is 0 Å². The molecule has 5 heteroatoms. The first-order chi connectivity index (χ1) is 6.83. The van der Waals surface area contributed by atoms with E-state index in [9.17, 15) is 4.79 Å². The first-order valence-corrected chi connectivity index (χ1v) is 4.30. The van der Waals surface area contributed by atoms with Crippen molar-refractivity contribution in [1.29, 1.82) is 0 Å². The number of H-pyrrole nitrogens is 1. The molecule has 70 valence electrons. The van der Waals surface area contributed by atoms with E-state index in [2.05, 4.69) is 15.0 Å². The highest BCUT2D eigenvalue weighted by molar-refractivity contribution is 6.34. The molecular formula is C9H6ClN3O. The normalized spacial score (nSPS) is 11.2. The van der Waals surface area contributed by atoms with E-state index in [4.69, 9.17) is 11.6 Å². The first kappa shape index (κ1) is 8.90. The summed E-state index contributed by atoms with van der Waals surface area (Å²) in [7, 11) is 0. The van der Waals surface area contributed by atoms with Crippen molar-refractivity contribution in [2.45, 2.75) is 0 Å². The summed E-state index contributed by atoms with van der Waals surface area (Å²) in [5.41, 5.74) is 1.47.